The van der Waals surface area contributed by atoms with Crippen LogP contribution in [0.4, 0.5) is 4.39 Å². The summed E-state index contributed by atoms with van der Waals surface area (Å²) >= 11 is 0. The molecule has 1 heterocycles. The van der Waals surface area contributed by atoms with Crippen molar-refractivity contribution in [2.45, 2.75) is 19.8 Å². The lowest BCUT2D eigenvalue weighted by atomic mass is 10.1. The van der Waals surface area contributed by atoms with E-state index in [0.29, 0.717) is 24.1 Å². The minimum atomic E-state index is -1.07. The summed E-state index contributed by atoms with van der Waals surface area (Å²) in [6.45, 7) is 1.89. The van der Waals surface area contributed by atoms with Gasteiger partial charge in [-0.3, -0.25) is 14.6 Å². The lowest BCUT2D eigenvalue weighted by Crippen LogP contribution is -2.37. The summed E-state index contributed by atoms with van der Waals surface area (Å²) in [5.41, 5.74) is 3.87. The van der Waals surface area contributed by atoms with Crippen LogP contribution in [0.15, 0.2) is 66.9 Å². The van der Waals surface area contributed by atoms with Crippen LogP contribution in [-0.2, 0) is 17.6 Å². The third kappa shape index (κ3) is 5.98. The van der Waals surface area contributed by atoms with E-state index in [-0.39, 0.29) is 24.8 Å². The van der Waals surface area contributed by atoms with Crippen LogP contribution in [0.2, 0.25) is 0 Å². The Morgan fingerprint density at radius 3 is 2.53 bits per heavy atom. The van der Waals surface area contributed by atoms with Crippen molar-refractivity contribution >= 4 is 11.9 Å². The molecule has 0 aliphatic heterocycles. The second-order valence-corrected chi connectivity index (χ2v) is 7.20. The van der Waals surface area contributed by atoms with Gasteiger partial charge in [-0.15, -0.1) is 0 Å². The number of carboxylic acid groups (broad SMARTS) is 1. The molecule has 0 spiro atoms. The van der Waals surface area contributed by atoms with Gasteiger partial charge in [-0.2, -0.15) is 0 Å². The number of aryl methyl sites for hydroxylation is 1. The molecule has 2 aromatic carbocycles. The fourth-order valence-electron chi connectivity index (χ4n) is 3.29. The molecular formula is C24H23FN2O3. The number of nitrogens with zero attached hydrogens (tertiary/aromatic N) is 2. The van der Waals surface area contributed by atoms with Gasteiger partial charge in [0.1, 0.15) is 12.4 Å². The maximum Gasteiger partial charge on any atom is 0.323 e. The van der Waals surface area contributed by atoms with Crippen molar-refractivity contribution in [1.82, 2.24) is 9.88 Å². The first-order valence-electron chi connectivity index (χ1n) is 9.67. The highest BCUT2D eigenvalue weighted by molar-refractivity contribution is 5.95. The molecular weight excluding hydrogens is 383 g/mol. The van der Waals surface area contributed by atoms with Crippen molar-refractivity contribution in [2.24, 2.45) is 0 Å². The van der Waals surface area contributed by atoms with Gasteiger partial charge in [0, 0.05) is 30.4 Å². The van der Waals surface area contributed by atoms with Gasteiger partial charge >= 0.3 is 5.97 Å². The summed E-state index contributed by atoms with van der Waals surface area (Å²) in [6, 6.07) is 17.3. The Kier molecular flexibility index (Phi) is 6.91. The molecule has 0 aliphatic carbocycles. The van der Waals surface area contributed by atoms with Gasteiger partial charge in [-0.25, -0.2) is 4.39 Å². The minimum Gasteiger partial charge on any atom is -0.480 e. The highest BCUT2D eigenvalue weighted by Gasteiger charge is 2.19. The van der Waals surface area contributed by atoms with E-state index in [1.165, 1.54) is 23.2 Å². The van der Waals surface area contributed by atoms with E-state index in [1.54, 1.807) is 24.3 Å². The molecule has 3 aromatic rings. The zero-order valence-electron chi connectivity index (χ0n) is 16.7. The number of benzene rings is 2. The van der Waals surface area contributed by atoms with Crippen molar-refractivity contribution in [2.75, 3.05) is 13.1 Å². The lowest BCUT2D eigenvalue weighted by molar-refractivity contribution is -0.137. The minimum absolute atomic E-state index is 0.288. The number of carbonyl (C=O) groups is 2. The van der Waals surface area contributed by atoms with Crippen molar-refractivity contribution in [3.05, 3.63) is 101 Å². The molecule has 0 atom stereocenters. The predicted octanol–water partition coefficient (Wildman–Crippen LogP) is 3.89. The molecule has 0 aliphatic rings. The highest BCUT2D eigenvalue weighted by atomic mass is 19.1. The summed E-state index contributed by atoms with van der Waals surface area (Å²) in [4.78, 5) is 29.9. The van der Waals surface area contributed by atoms with Crippen LogP contribution >= 0.6 is 0 Å². The number of carbonyl (C=O) groups excluding carboxylic acids is 1. The number of aliphatic carboxylic acids is 1. The average molecular weight is 406 g/mol. The normalized spacial score (nSPS) is 10.6. The van der Waals surface area contributed by atoms with Gasteiger partial charge in [-0.05, 0) is 48.7 Å². The Balaban J connectivity index is 1.75. The Morgan fingerprint density at radius 1 is 1.03 bits per heavy atom. The third-order valence-corrected chi connectivity index (χ3v) is 4.70. The second-order valence-electron chi connectivity index (χ2n) is 7.20. The van der Waals surface area contributed by atoms with Crippen molar-refractivity contribution in [1.29, 1.82) is 0 Å². The smallest absolute Gasteiger partial charge is 0.323 e. The monoisotopic (exact) mass is 406 g/mol. The number of carboxylic acids is 1. The molecule has 6 heteroatoms. The number of aromatic nitrogens is 1. The first kappa shape index (κ1) is 21.2. The second kappa shape index (κ2) is 9.78. The standard InChI is InChI=1S/C24H23FN2O3/c1-17-4-2-5-18(12-17)9-11-27(16-23(28)29)24(30)20-8-10-26-22(15-20)14-19-6-3-7-21(25)13-19/h2-8,10,12-13,15H,9,11,14,16H2,1H3,(H,28,29). The average Bonchev–Trinajstić information content (AvgIpc) is 2.70. The van der Waals surface area contributed by atoms with Gasteiger partial charge in [0.15, 0.2) is 0 Å². The predicted molar refractivity (Wildman–Crippen MR) is 112 cm³/mol. The molecule has 5 nitrogen and oxygen atoms in total. The van der Waals surface area contributed by atoms with Gasteiger partial charge < -0.3 is 10.0 Å². The Bertz CT molecular complexity index is 1050. The van der Waals surface area contributed by atoms with E-state index in [2.05, 4.69) is 4.98 Å². The van der Waals surface area contributed by atoms with Crippen LogP contribution in [0.3, 0.4) is 0 Å². The molecule has 1 amide bonds. The van der Waals surface area contributed by atoms with Crippen LogP contribution < -0.4 is 0 Å². The molecule has 0 radical (unpaired) electrons. The molecule has 1 aromatic heterocycles. The van der Waals surface area contributed by atoms with Crippen LogP contribution in [0.25, 0.3) is 0 Å². The number of pyridine rings is 1. The molecule has 0 fully saturated rings. The first-order valence-corrected chi connectivity index (χ1v) is 9.67. The zero-order chi connectivity index (χ0) is 21.5. The topological polar surface area (TPSA) is 70.5 Å². The Hall–Kier alpha value is -3.54. The summed E-state index contributed by atoms with van der Waals surface area (Å²) in [5, 5.41) is 9.25. The maximum atomic E-state index is 13.4. The summed E-state index contributed by atoms with van der Waals surface area (Å²) in [6.07, 6.45) is 2.45. The highest BCUT2D eigenvalue weighted by Crippen LogP contribution is 2.13. The van der Waals surface area contributed by atoms with E-state index in [0.717, 1.165) is 16.7 Å². The quantitative estimate of drug-likeness (QED) is 0.616. The molecule has 0 saturated heterocycles. The zero-order valence-corrected chi connectivity index (χ0v) is 16.7. The van der Waals surface area contributed by atoms with E-state index < -0.39 is 5.97 Å². The van der Waals surface area contributed by atoms with E-state index >= 15 is 0 Å². The van der Waals surface area contributed by atoms with Crippen molar-refractivity contribution < 1.29 is 19.1 Å². The molecule has 0 saturated carbocycles. The Morgan fingerprint density at radius 2 is 1.80 bits per heavy atom. The fraction of sp³-hybridized carbons (Fsp3) is 0.208. The third-order valence-electron chi connectivity index (χ3n) is 4.70. The SMILES string of the molecule is Cc1cccc(CCN(CC(=O)O)C(=O)c2ccnc(Cc3cccc(F)c3)c2)c1. The van der Waals surface area contributed by atoms with Gasteiger partial charge in [-0.1, -0.05) is 42.0 Å². The molecule has 154 valence electrons. The number of hydrogen-bond donors (Lipinski definition) is 1. The van der Waals surface area contributed by atoms with Crippen LogP contribution in [-0.4, -0.2) is 40.0 Å². The van der Waals surface area contributed by atoms with E-state index in [4.69, 9.17) is 0 Å². The van der Waals surface area contributed by atoms with Crippen LogP contribution in [0.1, 0.15) is 32.7 Å². The number of amides is 1. The largest absolute Gasteiger partial charge is 0.480 e. The van der Waals surface area contributed by atoms with E-state index in [9.17, 15) is 19.1 Å². The molecule has 0 bridgehead atoms. The molecule has 30 heavy (non-hydrogen) atoms. The van der Waals surface area contributed by atoms with Gasteiger partial charge in [0.05, 0.1) is 0 Å². The van der Waals surface area contributed by atoms with Crippen LogP contribution in [0, 0.1) is 12.7 Å². The number of rotatable bonds is 8. The first-order chi connectivity index (χ1) is 14.4. The number of hydrogen-bond acceptors (Lipinski definition) is 3. The summed E-state index contributed by atoms with van der Waals surface area (Å²) < 4.78 is 13.4. The van der Waals surface area contributed by atoms with Crippen molar-refractivity contribution in [3.63, 3.8) is 0 Å². The fourth-order valence-corrected chi connectivity index (χ4v) is 3.29. The van der Waals surface area contributed by atoms with Gasteiger partial charge in [0.25, 0.3) is 5.91 Å². The van der Waals surface area contributed by atoms with Crippen molar-refractivity contribution in [3.8, 4) is 0 Å². The van der Waals surface area contributed by atoms with E-state index in [1.807, 2.05) is 31.2 Å². The molecule has 1 N–H and O–H groups in total. The number of halogens is 1. The molecule has 3 rings (SSSR count). The van der Waals surface area contributed by atoms with Crippen LogP contribution in [0.5, 0.6) is 0 Å². The lowest BCUT2D eigenvalue weighted by Gasteiger charge is -2.21. The summed E-state index contributed by atoms with van der Waals surface area (Å²) in [7, 11) is 0. The Labute approximate surface area is 174 Å². The summed E-state index contributed by atoms with van der Waals surface area (Å²) in [5.74, 6) is -1.77. The maximum absolute atomic E-state index is 13.4. The molecule has 0 unspecified atom stereocenters. The van der Waals surface area contributed by atoms with Gasteiger partial charge in [0.2, 0.25) is 0 Å².